The normalized spacial score (nSPS) is 22.0. The first-order chi connectivity index (χ1) is 15.1. The fraction of sp³-hybridized carbons (Fsp3) is 0.696. The maximum atomic E-state index is 12.9. The van der Waals surface area contributed by atoms with E-state index in [9.17, 15) is 14.4 Å². The SMILES string of the molecule is O=C1CCN(Cc2cccn(CCN3CCC(CC4CCNCC4)CC3)c2=O)C(=O)N1. The van der Waals surface area contributed by atoms with Crippen LogP contribution < -0.4 is 16.2 Å². The lowest BCUT2D eigenvalue weighted by Crippen LogP contribution is -2.49. The van der Waals surface area contributed by atoms with E-state index in [2.05, 4.69) is 15.5 Å². The van der Waals surface area contributed by atoms with Gasteiger partial charge in [0.2, 0.25) is 5.91 Å². The summed E-state index contributed by atoms with van der Waals surface area (Å²) in [5.41, 5.74) is 0.542. The standard InChI is InChI=1S/C23H35N5O3/c29-21-7-13-28(23(31)25-21)17-20-2-1-10-27(22(20)30)15-14-26-11-5-19(6-12-26)16-18-3-8-24-9-4-18/h1-2,10,18-19,24H,3-9,11-17H2,(H,25,29,31). The predicted molar refractivity (Wildman–Crippen MR) is 119 cm³/mol. The number of urea groups is 1. The number of amides is 3. The molecule has 3 amide bonds. The fourth-order valence-electron chi connectivity index (χ4n) is 5.12. The average Bonchev–Trinajstić information content (AvgIpc) is 2.78. The minimum absolute atomic E-state index is 0.0482. The highest BCUT2D eigenvalue weighted by Crippen LogP contribution is 2.28. The Morgan fingerprint density at radius 2 is 1.68 bits per heavy atom. The molecule has 0 atom stereocenters. The van der Waals surface area contributed by atoms with Crippen molar-refractivity contribution in [3.05, 3.63) is 34.2 Å². The Labute approximate surface area is 184 Å². The minimum atomic E-state index is -0.418. The lowest BCUT2D eigenvalue weighted by Gasteiger charge is -2.34. The van der Waals surface area contributed by atoms with Crippen LogP contribution >= 0.6 is 0 Å². The summed E-state index contributed by atoms with van der Waals surface area (Å²) in [5, 5.41) is 5.76. The van der Waals surface area contributed by atoms with Crippen molar-refractivity contribution in [2.75, 3.05) is 39.3 Å². The Hall–Kier alpha value is -2.19. The molecule has 0 unspecified atom stereocenters. The van der Waals surface area contributed by atoms with Crippen molar-refractivity contribution in [3.8, 4) is 0 Å². The van der Waals surface area contributed by atoms with Gasteiger partial charge in [0.15, 0.2) is 0 Å². The topological polar surface area (TPSA) is 86.7 Å². The number of carbonyl (C=O) groups is 2. The molecule has 1 aromatic heterocycles. The van der Waals surface area contributed by atoms with E-state index in [1.165, 1.54) is 50.1 Å². The van der Waals surface area contributed by atoms with Crippen LogP contribution in [0, 0.1) is 11.8 Å². The molecule has 2 N–H and O–H groups in total. The summed E-state index contributed by atoms with van der Waals surface area (Å²) < 4.78 is 1.75. The number of hydrogen-bond donors (Lipinski definition) is 2. The molecule has 31 heavy (non-hydrogen) atoms. The van der Waals surface area contributed by atoms with Crippen LogP contribution in [0.15, 0.2) is 23.1 Å². The van der Waals surface area contributed by atoms with Crippen molar-refractivity contribution in [2.24, 2.45) is 11.8 Å². The van der Waals surface area contributed by atoms with Gasteiger partial charge in [0, 0.05) is 37.8 Å². The van der Waals surface area contributed by atoms with Gasteiger partial charge in [0.05, 0.1) is 6.54 Å². The number of likely N-dealkylation sites (tertiary alicyclic amines) is 1. The highest BCUT2D eigenvalue weighted by Gasteiger charge is 2.25. The van der Waals surface area contributed by atoms with Gasteiger partial charge in [-0.1, -0.05) is 6.07 Å². The van der Waals surface area contributed by atoms with Gasteiger partial charge in [-0.25, -0.2) is 4.79 Å². The number of aromatic nitrogens is 1. The molecule has 0 saturated carbocycles. The van der Waals surface area contributed by atoms with Crippen molar-refractivity contribution in [1.82, 2.24) is 25.0 Å². The molecule has 8 heteroatoms. The first-order valence-electron chi connectivity index (χ1n) is 11.8. The number of hydrogen-bond acceptors (Lipinski definition) is 5. The number of nitrogens with zero attached hydrogens (tertiary/aromatic N) is 3. The summed E-state index contributed by atoms with van der Waals surface area (Å²) in [5.74, 6) is 1.50. The largest absolute Gasteiger partial charge is 0.324 e. The van der Waals surface area contributed by atoms with Crippen molar-refractivity contribution in [3.63, 3.8) is 0 Å². The molecule has 0 spiro atoms. The molecule has 0 bridgehead atoms. The van der Waals surface area contributed by atoms with Crippen LogP contribution in [0.3, 0.4) is 0 Å². The average molecular weight is 430 g/mol. The maximum absolute atomic E-state index is 12.9. The van der Waals surface area contributed by atoms with Gasteiger partial charge in [0.25, 0.3) is 5.56 Å². The van der Waals surface area contributed by atoms with Gasteiger partial charge >= 0.3 is 6.03 Å². The third-order valence-corrected chi connectivity index (χ3v) is 7.09. The van der Waals surface area contributed by atoms with Gasteiger partial charge in [-0.2, -0.15) is 0 Å². The summed E-state index contributed by atoms with van der Waals surface area (Å²) in [6.45, 7) is 6.72. The highest BCUT2D eigenvalue weighted by atomic mass is 16.2. The van der Waals surface area contributed by atoms with Crippen molar-refractivity contribution in [2.45, 2.75) is 51.6 Å². The maximum Gasteiger partial charge on any atom is 0.324 e. The molecule has 1 aromatic rings. The zero-order valence-corrected chi connectivity index (χ0v) is 18.4. The van der Waals surface area contributed by atoms with Crippen LogP contribution in [0.5, 0.6) is 0 Å². The van der Waals surface area contributed by atoms with Crippen LogP contribution in [0.4, 0.5) is 4.79 Å². The third kappa shape index (κ3) is 5.95. The smallest absolute Gasteiger partial charge is 0.319 e. The van der Waals surface area contributed by atoms with Gasteiger partial charge in [-0.3, -0.25) is 14.9 Å². The number of pyridine rings is 1. The predicted octanol–water partition coefficient (Wildman–Crippen LogP) is 1.39. The van der Waals surface area contributed by atoms with E-state index in [-0.39, 0.29) is 24.4 Å². The molecule has 3 aliphatic rings. The third-order valence-electron chi connectivity index (χ3n) is 7.09. The van der Waals surface area contributed by atoms with Crippen LogP contribution in [0.2, 0.25) is 0 Å². The van der Waals surface area contributed by atoms with Crippen molar-refractivity contribution < 1.29 is 9.59 Å². The molecule has 170 valence electrons. The minimum Gasteiger partial charge on any atom is -0.319 e. The Kier molecular flexibility index (Phi) is 7.40. The summed E-state index contributed by atoms with van der Waals surface area (Å²) in [6.07, 6.45) is 8.68. The molecule has 8 nitrogen and oxygen atoms in total. The van der Waals surface area contributed by atoms with E-state index in [1.54, 1.807) is 10.6 Å². The molecule has 0 aliphatic carbocycles. The van der Waals surface area contributed by atoms with E-state index < -0.39 is 6.03 Å². The molecule has 0 radical (unpaired) electrons. The van der Waals surface area contributed by atoms with E-state index in [0.717, 1.165) is 31.5 Å². The summed E-state index contributed by atoms with van der Waals surface area (Å²) in [7, 11) is 0. The van der Waals surface area contributed by atoms with Crippen molar-refractivity contribution >= 4 is 11.9 Å². The quantitative estimate of drug-likeness (QED) is 0.684. The summed E-state index contributed by atoms with van der Waals surface area (Å²) in [6, 6.07) is 3.22. The molecular formula is C23H35N5O3. The lowest BCUT2D eigenvalue weighted by atomic mass is 9.83. The number of imide groups is 1. The Balaban J connectivity index is 1.24. The van der Waals surface area contributed by atoms with E-state index in [1.807, 2.05) is 12.3 Å². The van der Waals surface area contributed by atoms with Crippen LogP contribution in [0.1, 0.15) is 44.1 Å². The molecule has 0 aromatic carbocycles. The molecular weight excluding hydrogens is 394 g/mol. The fourth-order valence-corrected chi connectivity index (χ4v) is 5.12. The molecule has 3 aliphatic heterocycles. The zero-order valence-electron chi connectivity index (χ0n) is 18.4. The Morgan fingerprint density at radius 1 is 0.935 bits per heavy atom. The lowest BCUT2D eigenvalue weighted by molar-refractivity contribution is -0.121. The number of piperidine rings is 2. The van der Waals surface area contributed by atoms with Gasteiger partial charge in [-0.05, 0) is 76.2 Å². The number of nitrogens with one attached hydrogen (secondary N) is 2. The molecule has 3 fully saturated rings. The Bertz CT molecular complexity index is 825. The number of carbonyl (C=O) groups excluding carboxylic acids is 2. The second kappa shape index (κ2) is 10.4. The van der Waals surface area contributed by atoms with E-state index >= 15 is 0 Å². The zero-order chi connectivity index (χ0) is 21.6. The molecule has 3 saturated heterocycles. The highest BCUT2D eigenvalue weighted by molar-refractivity contribution is 5.96. The van der Waals surface area contributed by atoms with Crippen LogP contribution in [0.25, 0.3) is 0 Å². The van der Waals surface area contributed by atoms with E-state index in [0.29, 0.717) is 18.7 Å². The number of rotatable bonds is 7. The van der Waals surface area contributed by atoms with E-state index in [4.69, 9.17) is 0 Å². The molecule has 4 rings (SSSR count). The Morgan fingerprint density at radius 3 is 2.42 bits per heavy atom. The first kappa shape index (κ1) is 22.0. The van der Waals surface area contributed by atoms with Gasteiger partial charge in [-0.15, -0.1) is 0 Å². The monoisotopic (exact) mass is 429 g/mol. The van der Waals surface area contributed by atoms with Crippen molar-refractivity contribution in [1.29, 1.82) is 0 Å². The van der Waals surface area contributed by atoms with Crippen LogP contribution in [-0.2, 0) is 17.9 Å². The van der Waals surface area contributed by atoms with Gasteiger partial charge in [0.1, 0.15) is 0 Å². The second-order valence-corrected chi connectivity index (χ2v) is 9.27. The summed E-state index contributed by atoms with van der Waals surface area (Å²) in [4.78, 5) is 40.2. The van der Waals surface area contributed by atoms with Crippen LogP contribution in [-0.4, -0.2) is 65.6 Å². The first-order valence-corrected chi connectivity index (χ1v) is 11.8. The van der Waals surface area contributed by atoms with Gasteiger partial charge < -0.3 is 19.7 Å². The molecule has 4 heterocycles. The summed E-state index contributed by atoms with van der Waals surface area (Å²) >= 11 is 0. The second-order valence-electron chi connectivity index (χ2n) is 9.27.